The molecule has 2 aromatic rings. The molecule has 27 heavy (non-hydrogen) atoms. The molecule has 0 spiro atoms. The van der Waals surface area contributed by atoms with Crippen molar-refractivity contribution in [3.05, 3.63) is 59.8 Å². The van der Waals surface area contributed by atoms with Gasteiger partial charge in [0.15, 0.2) is 0 Å². The topological polar surface area (TPSA) is 71.7 Å². The van der Waals surface area contributed by atoms with E-state index < -0.39 is 0 Å². The van der Waals surface area contributed by atoms with Crippen LogP contribution in [0.5, 0.6) is 0 Å². The van der Waals surface area contributed by atoms with E-state index >= 15 is 0 Å². The number of ether oxygens (including phenoxy) is 1. The van der Waals surface area contributed by atoms with Crippen molar-refractivity contribution in [1.29, 1.82) is 0 Å². The molecule has 1 aromatic carbocycles. The molecular formula is C21H28N4O2. The van der Waals surface area contributed by atoms with E-state index in [0.717, 1.165) is 32.7 Å². The number of nitrogen functional groups attached to an aromatic ring is 1. The van der Waals surface area contributed by atoms with E-state index in [1.54, 1.807) is 12.1 Å². The minimum atomic E-state index is -0.260. The number of piperazine rings is 1. The van der Waals surface area contributed by atoms with Gasteiger partial charge in [0, 0.05) is 44.5 Å². The van der Waals surface area contributed by atoms with E-state index in [-0.39, 0.29) is 11.5 Å². The molecule has 1 aliphatic rings. The van der Waals surface area contributed by atoms with Crippen LogP contribution in [0.15, 0.2) is 48.7 Å². The molecule has 144 valence electrons. The number of anilines is 1. The largest absolute Gasteiger partial charge is 0.461 e. The third kappa shape index (κ3) is 5.28. The lowest BCUT2D eigenvalue weighted by Crippen LogP contribution is -2.59. The number of carbonyl (C=O) groups excluding carboxylic acids is 1. The summed E-state index contributed by atoms with van der Waals surface area (Å²) in [6.45, 7) is 9.36. The number of nitrogens with two attached hydrogens (primary N) is 1. The minimum absolute atomic E-state index is 0.0308. The standard InChI is InChI=1S/C21H28N4O2/c1-21(2)16-24(12-13-27-20(26)18-6-4-3-5-7-18)10-11-25(21)15-17-8-9-19(22)23-14-17/h3-9,14H,10-13,15-16H2,1-2H3,(H2,22,23). The molecule has 6 heteroatoms. The van der Waals surface area contributed by atoms with Crippen LogP contribution in [-0.4, -0.2) is 59.1 Å². The molecule has 0 radical (unpaired) electrons. The Morgan fingerprint density at radius 1 is 1.19 bits per heavy atom. The van der Waals surface area contributed by atoms with Gasteiger partial charge in [-0.3, -0.25) is 9.80 Å². The molecule has 0 amide bonds. The highest BCUT2D eigenvalue weighted by Gasteiger charge is 2.33. The van der Waals surface area contributed by atoms with Gasteiger partial charge in [-0.05, 0) is 37.6 Å². The van der Waals surface area contributed by atoms with Crippen molar-refractivity contribution < 1.29 is 9.53 Å². The fourth-order valence-corrected chi connectivity index (χ4v) is 3.45. The Hall–Kier alpha value is -2.44. The lowest BCUT2D eigenvalue weighted by Gasteiger charge is -2.47. The average molecular weight is 368 g/mol. The monoisotopic (exact) mass is 368 g/mol. The summed E-state index contributed by atoms with van der Waals surface area (Å²) in [6.07, 6.45) is 1.85. The molecule has 1 aromatic heterocycles. The third-order valence-electron chi connectivity index (χ3n) is 5.02. The number of carbonyl (C=O) groups is 1. The molecular weight excluding hydrogens is 340 g/mol. The minimum Gasteiger partial charge on any atom is -0.461 e. The SMILES string of the molecule is CC1(C)CN(CCOC(=O)c2ccccc2)CCN1Cc1ccc(N)nc1. The van der Waals surface area contributed by atoms with E-state index in [2.05, 4.69) is 28.6 Å². The van der Waals surface area contributed by atoms with Gasteiger partial charge in [0.1, 0.15) is 12.4 Å². The maximum atomic E-state index is 12.0. The van der Waals surface area contributed by atoms with Crippen molar-refractivity contribution in [3.8, 4) is 0 Å². The van der Waals surface area contributed by atoms with Crippen LogP contribution in [0.1, 0.15) is 29.8 Å². The summed E-state index contributed by atoms with van der Waals surface area (Å²) in [5, 5.41) is 0. The quantitative estimate of drug-likeness (QED) is 0.790. The van der Waals surface area contributed by atoms with Crippen LogP contribution in [0.4, 0.5) is 5.82 Å². The molecule has 1 aliphatic heterocycles. The van der Waals surface area contributed by atoms with Crippen LogP contribution in [0.2, 0.25) is 0 Å². The van der Waals surface area contributed by atoms with E-state index in [4.69, 9.17) is 10.5 Å². The summed E-state index contributed by atoms with van der Waals surface area (Å²) in [5.41, 5.74) is 7.47. The Kier molecular flexibility index (Phi) is 6.08. The normalized spacial score (nSPS) is 17.6. The number of nitrogens with zero attached hydrogens (tertiary/aromatic N) is 3. The predicted molar refractivity (Wildman–Crippen MR) is 106 cm³/mol. The lowest BCUT2D eigenvalue weighted by atomic mass is 9.98. The maximum Gasteiger partial charge on any atom is 0.338 e. The highest BCUT2D eigenvalue weighted by Crippen LogP contribution is 2.23. The number of hydrogen-bond donors (Lipinski definition) is 1. The molecule has 0 aliphatic carbocycles. The first kappa shape index (κ1) is 19.3. The van der Waals surface area contributed by atoms with Crippen molar-refractivity contribution >= 4 is 11.8 Å². The first-order valence-electron chi connectivity index (χ1n) is 9.34. The fourth-order valence-electron chi connectivity index (χ4n) is 3.45. The first-order valence-corrected chi connectivity index (χ1v) is 9.34. The summed E-state index contributed by atoms with van der Waals surface area (Å²) in [6, 6.07) is 13.0. The molecule has 0 atom stereocenters. The molecule has 0 bridgehead atoms. The summed E-state index contributed by atoms with van der Waals surface area (Å²) < 4.78 is 5.42. The van der Waals surface area contributed by atoms with Gasteiger partial charge in [0.2, 0.25) is 0 Å². The Bertz CT molecular complexity index is 747. The Morgan fingerprint density at radius 2 is 1.96 bits per heavy atom. The van der Waals surface area contributed by atoms with Gasteiger partial charge in [-0.15, -0.1) is 0 Å². The number of esters is 1. The summed E-state index contributed by atoms with van der Waals surface area (Å²) in [5.74, 6) is 0.289. The predicted octanol–water partition coefficient (Wildman–Crippen LogP) is 2.42. The molecule has 0 unspecified atom stereocenters. The number of pyridine rings is 1. The molecule has 6 nitrogen and oxygen atoms in total. The van der Waals surface area contributed by atoms with E-state index in [0.29, 0.717) is 18.0 Å². The van der Waals surface area contributed by atoms with Crippen LogP contribution in [0, 0.1) is 0 Å². The van der Waals surface area contributed by atoms with E-state index in [1.807, 2.05) is 36.5 Å². The summed E-state index contributed by atoms with van der Waals surface area (Å²) >= 11 is 0. The zero-order chi connectivity index (χ0) is 19.3. The molecule has 1 saturated heterocycles. The Balaban J connectivity index is 1.47. The van der Waals surface area contributed by atoms with Crippen LogP contribution in [0.3, 0.4) is 0 Å². The second-order valence-corrected chi connectivity index (χ2v) is 7.60. The maximum absolute atomic E-state index is 12.0. The molecule has 1 fully saturated rings. The van der Waals surface area contributed by atoms with Gasteiger partial charge in [-0.2, -0.15) is 0 Å². The first-order chi connectivity index (χ1) is 12.9. The van der Waals surface area contributed by atoms with Crippen molar-refractivity contribution in [2.75, 3.05) is 38.5 Å². The highest BCUT2D eigenvalue weighted by molar-refractivity contribution is 5.89. The van der Waals surface area contributed by atoms with Crippen molar-refractivity contribution in [2.24, 2.45) is 0 Å². The second-order valence-electron chi connectivity index (χ2n) is 7.60. The molecule has 3 rings (SSSR count). The zero-order valence-electron chi connectivity index (χ0n) is 16.1. The van der Waals surface area contributed by atoms with Gasteiger partial charge < -0.3 is 10.5 Å². The Labute approximate surface area is 160 Å². The number of benzene rings is 1. The molecule has 0 saturated carbocycles. The molecule has 2 heterocycles. The number of hydrogen-bond acceptors (Lipinski definition) is 6. The smallest absolute Gasteiger partial charge is 0.338 e. The van der Waals surface area contributed by atoms with Crippen LogP contribution in [-0.2, 0) is 11.3 Å². The van der Waals surface area contributed by atoms with Gasteiger partial charge in [-0.1, -0.05) is 24.3 Å². The molecule has 2 N–H and O–H groups in total. The van der Waals surface area contributed by atoms with Crippen molar-refractivity contribution in [2.45, 2.75) is 25.9 Å². The van der Waals surface area contributed by atoms with Gasteiger partial charge in [0.05, 0.1) is 5.56 Å². The Morgan fingerprint density at radius 3 is 2.63 bits per heavy atom. The van der Waals surface area contributed by atoms with Crippen molar-refractivity contribution in [3.63, 3.8) is 0 Å². The van der Waals surface area contributed by atoms with Gasteiger partial charge in [0.25, 0.3) is 0 Å². The zero-order valence-corrected chi connectivity index (χ0v) is 16.1. The lowest BCUT2D eigenvalue weighted by molar-refractivity contribution is 0.00221. The average Bonchev–Trinajstić information content (AvgIpc) is 2.66. The number of aromatic nitrogens is 1. The van der Waals surface area contributed by atoms with Crippen molar-refractivity contribution in [1.82, 2.24) is 14.8 Å². The number of rotatable bonds is 6. The van der Waals surface area contributed by atoms with Gasteiger partial charge >= 0.3 is 5.97 Å². The second kappa shape index (κ2) is 8.50. The fraction of sp³-hybridized carbons (Fsp3) is 0.429. The third-order valence-corrected chi connectivity index (χ3v) is 5.02. The summed E-state index contributed by atoms with van der Waals surface area (Å²) in [4.78, 5) is 21.0. The van der Waals surface area contributed by atoms with Gasteiger partial charge in [-0.25, -0.2) is 9.78 Å². The highest BCUT2D eigenvalue weighted by atomic mass is 16.5. The van der Waals surface area contributed by atoms with Crippen LogP contribution >= 0.6 is 0 Å². The van der Waals surface area contributed by atoms with Crippen LogP contribution in [0.25, 0.3) is 0 Å². The van der Waals surface area contributed by atoms with Crippen LogP contribution < -0.4 is 5.73 Å². The van der Waals surface area contributed by atoms with E-state index in [9.17, 15) is 4.79 Å². The summed E-state index contributed by atoms with van der Waals surface area (Å²) in [7, 11) is 0. The van der Waals surface area contributed by atoms with E-state index in [1.165, 1.54) is 5.56 Å².